The molecule has 0 aliphatic rings. The van der Waals surface area contributed by atoms with E-state index in [4.69, 9.17) is 0 Å². The molecular formula is C25H40N2O2S. The van der Waals surface area contributed by atoms with Crippen molar-refractivity contribution in [2.24, 2.45) is 0 Å². The second-order valence-corrected chi connectivity index (χ2v) is 10.5. The Kier molecular flexibility index (Phi) is 10.1. The van der Waals surface area contributed by atoms with Crippen LogP contribution in [0.4, 0.5) is 5.69 Å². The number of hydrogen-bond donors (Lipinski definition) is 0. The predicted octanol–water partition coefficient (Wildman–Crippen LogP) is 6.45. The number of benzene rings is 2. The largest absolute Gasteiger partial charge is 0.377 e. The minimum Gasteiger partial charge on any atom is -0.377 e. The second kappa shape index (κ2) is 12.3. The number of unbranched alkanes of at least 4 members (excludes halogenated alkanes) is 9. The Morgan fingerprint density at radius 1 is 0.700 bits per heavy atom. The maximum atomic E-state index is 13.2. The van der Waals surface area contributed by atoms with E-state index in [2.05, 4.69) is 6.92 Å². The third-order valence-electron chi connectivity index (χ3n) is 5.86. The molecule has 0 amide bonds. The van der Waals surface area contributed by atoms with E-state index in [-0.39, 0.29) is 0 Å². The predicted molar refractivity (Wildman–Crippen MR) is 130 cm³/mol. The van der Waals surface area contributed by atoms with Gasteiger partial charge in [-0.15, -0.1) is 0 Å². The van der Waals surface area contributed by atoms with Crippen molar-refractivity contribution in [1.29, 1.82) is 0 Å². The fraction of sp³-hybridized carbons (Fsp3) is 0.600. The van der Waals surface area contributed by atoms with E-state index in [1.807, 2.05) is 49.3 Å². The molecule has 0 saturated carbocycles. The van der Waals surface area contributed by atoms with Gasteiger partial charge in [-0.2, -0.15) is 0 Å². The van der Waals surface area contributed by atoms with Crippen LogP contribution in [0.25, 0.3) is 10.8 Å². The molecule has 0 fully saturated rings. The molecule has 4 nitrogen and oxygen atoms in total. The number of anilines is 1. The minimum absolute atomic E-state index is 0.401. The number of sulfonamides is 1. The zero-order valence-corrected chi connectivity index (χ0v) is 20.2. The minimum atomic E-state index is -3.50. The first-order chi connectivity index (χ1) is 14.4. The van der Waals surface area contributed by atoms with Crippen LogP contribution in [0.15, 0.2) is 41.3 Å². The Labute approximate surface area is 184 Å². The number of rotatable bonds is 14. The molecule has 0 heterocycles. The van der Waals surface area contributed by atoms with Gasteiger partial charge in [0.25, 0.3) is 0 Å². The van der Waals surface area contributed by atoms with Gasteiger partial charge < -0.3 is 4.90 Å². The zero-order valence-electron chi connectivity index (χ0n) is 19.4. The van der Waals surface area contributed by atoms with Gasteiger partial charge in [-0.1, -0.05) is 89.0 Å². The molecule has 0 aromatic heterocycles. The van der Waals surface area contributed by atoms with E-state index in [9.17, 15) is 8.42 Å². The van der Waals surface area contributed by atoms with Gasteiger partial charge in [0.05, 0.1) is 4.90 Å². The second-order valence-electron chi connectivity index (χ2n) is 8.53. The van der Waals surface area contributed by atoms with Gasteiger partial charge in [0, 0.05) is 44.1 Å². The fourth-order valence-corrected chi connectivity index (χ4v) is 5.40. The smallest absolute Gasteiger partial charge is 0.243 e. The molecule has 5 heteroatoms. The fourth-order valence-electron chi connectivity index (χ4n) is 3.99. The van der Waals surface area contributed by atoms with Gasteiger partial charge in [0.15, 0.2) is 0 Å². The highest BCUT2D eigenvalue weighted by Crippen LogP contribution is 2.31. The lowest BCUT2D eigenvalue weighted by Gasteiger charge is -2.20. The summed E-state index contributed by atoms with van der Waals surface area (Å²) in [5, 5.41) is 1.76. The molecule has 0 aliphatic carbocycles. The molecule has 0 spiro atoms. The monoisotopic (exact) mass is 432 g/mol. The molecule has 168 valence electrons. The lowest BCUT2D eigenvalue weighted by Crippen LogP contribution is -2.28. The number of nitrogens with zero attached hydrogens (tertiary/aromatic N) is 2. The Bertz CT molecular complexity index is 878. The summed E-state index contributed by atoms with van der Waals surface area (Å²) in [6, 6.07) is 11.4. The highest BCUT2D eigenvalue weighted by Gasteiger charge is 2.23. The van der Waals surface area contributed by atoms with Crippen LogP contribution in [0.2, 0.25) is 0 Å². The van der Waals surface area contributed by atoms with Crippen molar-refractivity contribution in [3.8, 4) is 0 Å². The summed E-state index contributed by atoms with van der Waals surface area (Å²) in [7, 11) is 2.16. The average molecular weight is 433 g/mol. The lowest BCUT2D eigenvalue weighted by atomic mass is 10.1. The topological polar surface area (TPSA) is 40.6 Å². The first kappa shape index (κ1) is 24.7. The molecule has 30 heavy (non-hydrogen) atoms. The Morgan fingerprint density at radius 2 is 1.23 bits per heavy atom. The Morgan fingerprint density at radius 3 is 1.83 bits per heavy atom. The Balaban J connectivity index is 1.89. The standard InChI is InChI=1S/C25H40N2O2S/c1-5-6-7-8-9-10-11-12-13-14-21-27(4)30(28,29)25-20-16-17-22-23(25)18-15-19-24(22)26(2)3/h15-20H,5-14,21H2,1-4H3. The normalized spacial score (nSPS) is 12.0. The third kappa shape index (κ3) is 6.71. The highest BCUT2D eigenvalue weighted by molar-refractivity contribution is 7.89. The summed E-state index contributed by atoms with van der Waals surface area (Å²) < 4.78 is 28.0. The molecule has 0 unspecified atom stereocenters. The average Bonchev–Trinajstić information content (AvgIpc) is 2.73. The molecule has 0 bridgehead atoms. The van der Waals surface area contributed by atoms with Crippen LogP contribution in [-0.2, 0) is 10.0 Å². The molecule has 0 N–H and O–H groups in total. The summed E-state index contributed by atoms with van der Waals surface area (Å²) in [6.07, 6.45) is 12.5. The summed E-state index contributed by atoms with van der Waals surface area (Å²) >= 11 is 0. The van der Waals surface area contributed by atoms with Gasteiger partial charge in [-0.3, -0.25) is 0 Å². The maximum Gasteiger partial charge on any atom is 0.243 e. The van der Waals surface area contributed by atoms with Crippen LogP contribution in [-0.4, -0.2) is 40.4 Å². The van der Waals surface area contributed by atoms with E-state index in [0.717, 1.165) is 29.3 Å². The summed E-state index contributed by atoms with van der Waals surface area (Å²) in [5.74, 6) is 0. The van der Waals surface area contributed by atoms with Crippen molar-refractivity contribution < 1.29 is 8.42 Å². The van der Waals surface area contributed by atoms with E-state index in [0.29, 0.717) is 11.4 Å². The molecule has 0 radical (unpaired) electrons. The summed E-state index contributed by atoms with van der Waals surface area (Å²) in [6.45, 7) is 2.82. The van der Waals surface area contributed by atoms with Crippen molar-refractivity contribution in [1.82, 2.24) is 4.31 Å². The van der Waals surface area contributed by atoms with Crippen LogP contribution >= 0.6 is 0 Å². The van der Waals surface area contributed by atoms with Crippen LogP contribution in [0.3, 0.4) is 0 Å². The molecule has 2 rings (SSSR count). The van der Waals surface area contributed by atoms with Crippen molar-refractivity contribution in [3.05, 3.63) is 36.4 Å². The van der Waals surface area contributed by atoms with Gasteiger partial charge in [0.2, 0.25) is 10.0 Å². The SMILES string of the molecule is CCCCCCCCCCCCN(C)S(=O)(=O)c1cccc2c(N(C)C)cccc12. The van der Waals surface area contributed by atoms with Crippen LogP contribution in [0.1, 0.15) is 71.1 Å². The number of hydrogen-bond acceptors (Lipinski definition) is 3. The lowest BCUT2D eigenvalue weighted by molar-refractivity contribution is 0.448. The third-order valence-corrected chi connectivity index (χ3v) is 7.77. The van der Waals surface area contributed by atoms with E-state index in [1.54, 1.807) is 13.1 Å². The van der Waals surface area contributed by atoms with Crippen molar-refractivity contribution in [2.75, 3.05) is 32.6 Å². The first-order valence-electron chi connectivity index (χ1n) is 11.5. The zero-order chi connectivity index (χ0) is 22.0. The van der Waals surface area contributed by atoms with E-state index in [1.165, 1.54) is 55.7 Å². The maximum absolute atomic E-state index is 13.2. The highest BCUT2D eigenvalue weighted by atomic mass is 32.2. The summed E-state index contributed by atoms with van der Waals surface area (Å²) in [4.78, 5) is 2.42. The Hall–Kier alpha value is -1.59. The van der Waals surface area contributed by atoms with Gasteiger partial charge in [-0.05, 0) is 18.6 Å². The molecule has 0 aliphatic heterocycles. The van der Waals surface area contributed by atoms with Gasteiger partial charge in [-0.25, -0.2) is 12.7 Å². The summed E-state index contributed by atoms with van der Waals surface area (Å²) in [5.41, 5.74) is 1.03. The van der Waals surface area contributed by atoms with Crippen molar-refractivity contribution >= 4 is 26.5 Å². The van der Waals surface area contributed by atoms with Crippen LogP contribution in [0, 0.1) is 0 Å². The molecule has 0 atom stereocenters. The van der Waals surface area contributed by atoms with Crippen molar-refractivity contribution in [2.45, 2.75) is 76.0 Å². The van der Waals surface area contributed by atoms with Gasteiger partial charge >= 0.3 is 0 Å². The van der Waals surface area contributed by atoms with Crippen LogP contribution in [0.5, 0.6) is 0 Å². The quantitative estimate of drug-likeness (QED) is 0.322. The molecular weight excluding hydrogens is 392 g/mol. The first-order valence-corrected chi connectivity index (χ1v) is 13.0. The molecule has 0 saturated heterocycles. The number of fused-ring (bicyclic) bond motifs is 1. The molecule has 2 aromatic carbocycles. The molecule has 2 aromatic rings. The van der Waals surface area contributed by atoms with E-state index < -0.39 is 10.0 Å². The van der Waals surface area contributed by atoms with E-state index >= 15 is 0 Å². The van der Waals surface area contributed by atoms with Crippen molar-refractivity contribution in [3.63, 3.8) is 0 Å². The van der Waals surface area contributed by atoms with Crippen LogP contribution < -0.4 is 4.90 Å². The van der Waals surface area contributed by atoms with Gasteiger partial charge in [0.1, 0.15) is 0 Å².